The molecule has 1 saturated carbocycles. The van der Waals surface area contributed by atoms with Crippen LogP contribution in [0.1, 0.15) is 25.7 Å². The summed E-state index contributed by atoms with van der Waals surface area (Å²) in [6, 6.07) is 4.81. The molecule has 1 heterocycles. The molecule has 0 spiro atoms. The zero-order chi connectivity index (χ0) is 9.10. The topological polar surface area (TPSA) is 26.0 Å². The van der Waals surface area contributed by atoms with E-state index < -0.39 is 0 Å². The molecule has 0 aliphatic heterocycles. The average molecular weight is 213 g/mol. The SMILES string of the molecule is NC1CCC(Sc2cccs2)CC1. The van der Waals surface area contributed by atoms with E-state index in [-0.39, 0.29) is 0 Å². The number of nitrogens with two attached hydrogens (primary N) is 1. The van der Waals surface area contributed by atoms with Gasteiger partial charge in [-0.25, -0.2) is 0 Å². The molecule has 1 aromatic heterocycles. The van der Waals surface area contributed by atoms with Gasteiger partial charge in [0.1, 0.15) is 0 Å². The van der Waals surface area contributed by atoms with Gasteiger partial charge in [0.05, 0.1) is 4.21 Å². The van der Waals surface area contributed by atoms with Crippen molar-refractivity contribution in [3.05, 3.63) is 17.5 Å². The van der Waals surface area contributed by atoms with Gasteiger partial charge in [-0.05, 0) is 37.1 Å². The van der Waals surface area contributed by atoms with Crippen LogP contribution in [0.3, 0.4) is 0 Å². The van der Waals surface area contributed by atoms with Gasteiger partial charge in [-0.15, -0.1) is 23.1 Å². The Balaban J connectivity index is 1.83. The first kappa shape index (κ1) is 9.56. The second-order valence-electron chi connectivity index (χ2n) is 3.59. The fraction of sp³-hybridized carbons (Fsp3) is 0.600. The maximum Gasteiger partial charge on any atom is 0.0601 e. The summed E-state index contributed by atoms with van der Waals surface area (Å²) in [6.45, 7) is 0. The van der Waals surface area contributed by atoms with Crippen LogP contribution in [0.2, 0.25) is 0 Å². The molecule has 1 nitrogen and oxygen atoms in total. The Morgan fingerprint density at radius 2 is 2.08 bits per heavy atom. The van der Waals surface area contributed by atoms with Crippen molar-refractivity contribution in [2.75, 3.05) is 0 Å². The molecule has 0 amide bonds. The highest BCUT2D eigenvalue weighted by molar-refractivity contribution is 8.01. The lowest BCUT2D eigenvalue weighted by atomic mass is 9.96. The lowest BCUT2D eigenvalue weighted by Crippen LogP contribution is -2.27. The number of hydrogen-bond acceptors (Lipinski definition) is 3. The fourth-order valence-electron chi connectivity index (χ4n) is 1.70. The van der Waals surface area contributed by atoms with Crippen molar-refractivity contribution in [3.63, 3.8) is 0 Å². The summed E-state index contributed by atoms with van der Waals surface area (Å²) in [5.74, 6) is 0. The fourth-order valence-corrected chi connectivity index (χ4v) is 3.94. The largest absolute Gasteiger partial charge is 0.328 e. The molecule has 1 fully saturated rings. The van der Waals surface area contributed by atoms with Gasteiger partial charge in [-0.3, -0.25) is 0 Å². The Morgan fingerprint density at radius 1 is 1.31 bits per heavy atom. The first-order chi connectivity index (χ1) is 6.34. The molecule has 13 heavy (non-hydrogen) atoms. The average Bonchev–Trinajstić information content (AvgIpc) is 2.62. The molecule has 1 aromatic rings. The molecule has 72 valence electrons. The molecule has 0 aromatic carbocycles. The van der Waals surface area contributed by atoms with E-state index in [1.165, 1.54) is 29.9 Å². The standard InChI is InChI=1S/C10H15NS2/c11-8-3-5-9(6-4-8)13-10-2-1-7-12-10/h1-2,7-9H,3-6,11H2. The molecule has 3 heteroatoms. The lowest BCUT2D eigenvalue weighted by molar-refractivity contribution is 0.451. The zero-order valence-electron chi connectivity index (χ0n) is 7.61. The van der Waals surface area contributed by atoms with Gasteiger partial charge in [0.25, 0.3) is 0 Å². The molecule has 0 bridgehead atoms. The maximum atomic E-state index is 5.86. The van der Waals surface area contributed by atoms with Gasteiger partial charge in [0.2, 0.25) is 0 Å². The third kappa shape index (κ3) is 2.73. The van der Waals surface area contributed by atoms with Crippen LogP contribution in [0.4, 0.5) is 0 Å². The van der Waals surface area contributed by atoms with Crippen molar-refractivity contribution < 1.29 is 0 Å². The summed E-state index contributed by atoms with van der Waals surface area (Å²) in [5, 5.41) is 2.97. The summed E-state index contributed by atoms with van der Waals surface area (Å²) in [7, 11) is 0. The van der Waals surface area contributed by atoms with Gasteiger partial charge < -0.3 is 5.73 Å². The maximum absolute atomic E-state index is 5.86. The molecule has 2 rings (SSSR count). The van der Waals surface area contributed by atoms with Gasteiger partial charge in [-0.2, -0.15) is 0 Å². The molecule has 2 N–H and O–H groups in total. The number of rotatable bonds is 2. The normalized spacial score (nSPS) is 29.0. The Hall–Kier alpha value is 0.01000. The zero-order valence-corrected chi connectivity index (χ0v) is 9.24. The summed E-state index contributed by atoms with van der Waals surface area (Å²) >= 11 is 3.89. The Morgan fingerprint density at radius 3 is 2.69 bits per heavy atom. The van der Waals surface area contributed by atoms with Crippen molar-refractivity contribution in [2.24, 2.45) is 5.73 Å². The Kier molecular flexibility index (Phi) is 3.30. The summed E-state index contributed by atoms with van der Waals surface area (Å²) in [4.78, 5) is 0. The number of thiophene rings is 1. The van der Waals surface area contributed by atoms with E-state index in [1.807, 2.05) is 23.1 Å². The predicted octanol–water partition coefficient (Wildman–Crippen LogP) is 3.11. The lowest BCUT2D eigenvalue weighted by Gasteiger charge is -2.24. The molecule has 0 atom stereocenters. The van der Waals surface area contributed by atoms with Crippen molar-refractivity contribution in [1.29, 1.82) is 0 Å². The Bertz CT molecular complexity index is 237. The van der Waals surface area contributed by atoms with Gasteiger partial charge in [-0.1, -0.05) is 6.07 Å². The minimum atomic E-state index is 0.472. The molecule has 0 unspecified atom stereocenters. The molecule has 0 saturated heterocycles. The van der Waals surface area contributed by atoms with Crippen molar-refractivity contribution in [3.8, 4) is 0 Å². The van der Waals surface area contributed by atoms with Crippen LogP contribution < -0.4 is 5.73 Å². The van der Waals surface area contributed by atoms with Crippen LogP contribution in [0, 0.1) is 0 Å². The molecule has 1 aliphatic carbocycles. The highest BCUT2D eigenvalue weighted by Gasteiger charge is 2.19. The predicted molar refractivity (Wildman–Crippen MR) is 60.4 cm³/mol. The Labute approximate surface area is 87.7 Å². The van der Waals surface area contributed by atoms with Crippen molar-refractivity contribution in [1.82, 2.24) is 0 Å². The van der Waals surface area contributed by atoms with E-state index in [9.17, 15) is 0 Å². The minimum absolute atomic E-state index is 0.472. The van der Waals surface area contributed by atoms with E-state index in [0.717, 1.165) is 5.25 Å². The molecular weight excluding hydrogens is 198 g/mol. The second-order valence-corrected chi connectivity index (χ2v) is 6.14. The molecule has 1 aliphatic rings. The van der Waals surface area contributed by atoms with Crippen LogP contribution in [0.15, 0.2) is 21.7 Å². The van der Waals surface area contributed by atoms with E-state index in [0.29, 0.717) is 6.04 Å². The van der Waals surface area contributed by atoms with Gasteiger partial charge in [0.15, 0.2) is 0 Å². The third-order valence-electron chi connectivity index (χ3n) is 2.50. The smallest absolute Gasteiger partial charge is 0.0601 e. The third-order valence-corrected chi connectivity index (χ3v) is 4.91. The van der Waals surface area contributed by atoms with Crippen molar-refractivity contribution >= 4 is 23.1 Å². The van der Waals surface area contributed by atoms with Crippen LogP contribution in [0.25, 0.3) is 0 Å². The summed E-state index contributed by atoms with van der Waals surface area (Å²) < 4.78 is 1.46. The van der Waals surface area contributed by atoms with E-state index >= 15 is 0 Å². The second kappa shape index (κ2) is 4.49. The van der Waals surface area contributed by atoms with E-state index in [2.05, 4.69) is 17.5 Å². The van der Waals surface area contributed by atoms with Crippen LogP contribution in [-0.2, 0) is 0 Å². The number of thioether (sulfide) groups is 1. The molecule has 0 radical (unpaired) electrons. The monoisotopic (exact) mass is 213 g/mol. The van der Waals surface area contributed by atoms with E-state index in [4.69, 9.17) is 5.73 Å². The van der Waals surface area contributed by atoms with Gasteiger partial charge in [0, 0.05) is 11.3 Å². The minimum Gasteiger partial charge on any atom is -0.328 e. The summed E-state index contributed by atoms with van der Waals surface area (Å²) in [6.07, 6.45) is 5.01. The van der Waals surface area contributed by atoms with Crippen molar-refractivity contribution in [2.45, 2.75) is 41.2 Å². The number of hydrogen-bond donors (Lipinski definition) is 1. The van der Waals surface area contributed by atoms with Gasteiger partial charge >= 0.3 is 0 Å². The van der Waals surface area contributed by atoms with Crippen LogP contribution in [-0.4, -0.2) is 11.3 Å². The highest BCUT2D eigenvalue weighted by Crippen LogP contribution is 2.35. The van der Waals surface area contributed by atoms with Crippen LogP contribution >= 0.6 is 23.1 Å². The quantitative estimate of drug-likeness (QED) is 0.817. The molecular formula is C10H15NS2. The summed E-state index contributed by atoms with van der Waals surface area (Å²) in [5.41, 5.74) is 5.86. The van der Waals surface area contributed by atoms with Crippen LogP contribution in [0.5, 0.6) is 0 Å². The first-order valence-corrected chi connectivity index (χ1v) is 6.56. The first-order valence-electron chi connectivity index (χ1n) is 4.80. The van der Waals surface area contributed by atoms with E-state index in [1.54, 1.807) is 0 Å². The highest BCUT2D eigenvalue weighted by atomic mass is 32.2.